The summed E-state index contributed by atoms with van der Waals surface area (Å²) < 4.78 is 4.54. The van der Waals surface area contributed by atoms with Crippen LogP contribution in [0.2, 0.25) is 0 Å². The van der Waals surface area contributed by atoms with E-state index in [4.69, 9.17) is 4.98 Å². The summed E-state index contributed by atoms with van der Waals surface area (Å²) in [5.74, 6) is 0. The third-order valence-corrected chi connectivity index (χ3v) is 6.01. The van der Waals surface area contributed by atoms with E-state index in [1.54, 1.807) is 0 Å². The van der Waals surface area contributed by atoms with E-state index in [9.17, 15) is 0 Å². The van der Waals surface area contributed by atoms with Crippen molar-refractivity contribution in [1.82, 2.24) is 18.9 Å². The number of nitrogens with zero attached hydrogens (tertiary/aromatic N) is 4. The summed E-state index contributed by atoms with van der Waals surface area (Å²) in [6, 6.07) is 27.7. The van der Waals surface area contributed by atoms with Crippen molar-refractivity contribution < 1.29 is 0 Å². The van der Waals surface area contributed by atoms with Crippen LogP contribution in [0.5, 0.6) is 0 Å². The second-order valence-corrected chi connectivity index (χ2v) is 7.56. The number of benzene rings is 3. The lowest BCUT2D eigenvalue weighted by Gasteiger charge is -2.12. The minimum Gasteiger partial charge on any atom is -0.308 e. The van der Waals surface area contributed by atoms with E-state index in [-0.39, 0.29) is 0 Å². The van der Waals surface area contributed by atoms with Crippen LogP contribution < -0.4 is 0 Å². The monoisotopic (exact) mass is 384 g/mol. The summed E-state index contributed by atoms with van der Waals surface area (Å²) in [7, 11) is 0. The fraction of sp³-hybridized carbons (Fsp3) is 0. The molecule has 4 nitrogen and oxygen atoms in total. The van der Waals surface area contributed by atoms with E-state index < -0.39 is 0 Å². The lowest BCUT2D eigenvalue weighted by atomic mass is 10.1. The van der Waals surface area contributed by atoms with E-state index in [1.165, 1.54) is 21.8 Å². The Morgan fingerprint density at radius 1 is 0.600 bits per heavy atom. The van der Waals surface area contributed by atoms with Crippen LogP contribution in [0.4, 0.5) is 0 Å². The standard InChI is InChI=1S/C26H16N4/c1-2-7-17(8-3-1)30-21-11-5-4-9-18(21)19-12-13-22-23(25(19)30)24-20(10-6-14-27-24)26-28-15-16-29(22)26/h1-16H. The molecule has 4 heteroatoms. The van der Waals surface area contributed by atoms with Crippen molar-refractivity contribution in [3.8, 4) is 5.69 Å². The topological polar surface area (TPSA) is 35.1 Å². The predicted molar refractivity (Wildman–Crippen MR) is 122 cm³/mol. The summed E-state index contributed by atoms with van der Waals surface area (Å²) in [5, 5.41) is 4.68. The smallest absolute Gasteiger partial charge is 0.146 e. The molecule has 3 aromatic carbocycles. The minimum absolute atomic E-state index is 0.937. The second-order valence-electron chi connectivity index (χ2n) is 7.56. The van der Waals surface area contributed by atoms with Crippen molar-refractivity contribution in [2.45, 2.75) is 0 Å². The number of pyridine rings is 2. The number of imidazole rings is 1. The van der Waals surface area contributed by atoms with E-state index >= 15 is 0 Å². The second kappa shape index (κ2) is 5.67. The van der Waals surface area contributed by atoms with E-state index in [2.05, 4.69) is 86.7 Å². The zero-order chi connectivity index (χ0) is 19.7. The van der Waals surface area contributed by atoms with Crippen molar-refractivity contribution in [2.24, 2.45) is 0 Å². The minimum atomic E-state index is 0.937. The first-order chi connectivity index (χ1) is 14.9. The molecular weight excluding hydrogens is 368 g/mol. The van der Waals surface area contributed by atoms with Crippen LogP contribution in [0.1, 0.15) is 0 Å². The number of rotatable bonds is 1. The molecule has 30 heavy (non-hydrogen) atoms. The highest BCUT2D eigenvalue weighted by atomic mass is 15.0. The van der Waals surface area contributed by atoms with Crippen LogP contribution in [-0.4, -0.2) is 18.9 Å². The van der Waals surface area contributed by atoms with Crippen molar-refractivity contribution in [3.63, 3.8) is 0 Å². The number of hydrogen-bond acceptors (Lipinski definition) is 2. The largest absolute Gasteiger partial charge is 0.308 e. The predicted octanol–water partition coefficient (Wildman–Crippen LogP) is 6.13. The van der Waals surface area contributed by atoms with Gasteiger partial charge in [-0.2, -0.15) is 0 Å². The summed E-state index contributed by atoms with van der Waals surface area (Å²) in [6.07, 6.45) is 5.76. The van der Waals surface area contributed by atoms with Gasteiger partial charge in [0.1, 0.15) is 5.65 Å². The molecule has 0 amide bonds. The average molecular weight is 384 g/mol. The molecule has 0 saturated heterocycles. The fourth-order valence-corrected chi connectivity index (χ4v) is 4.81. The van der Waals surface area contributed by atoms with Gasteiger partial charge >= 0.3 is 0 Å². The summed E-state index contributed by atoms with van der Waals surface area (Å²) in [6.45, 7) is 0. The maximum atomic E-state index is 4.83. The van der Waals surface area contributed by atoms with Gasteiger partial charge in [0.05, 0.1) is 22.1 Å². The van der Waals surface area contributed by atoms with Crippen LogP contribution >= 0.6 is 0 Å². The van der Waals surface area contributed by atoms with Gasteiger partial charge in [-0.05, 0) is 36.4 Å². The zero-order valence-electron chi connectivity index (χ0n) is 16.0. The highest BCUT2D eigenvalue weighted by Gasteiger charge is 2.19. The summed E-state index contributed by atoms with van der Waals surface area (Å²) >= 11 is 0. The SMILES string of the molecule is c1ccc(-n2c3ccccc3c3ccc4c(c5ncccc5c5nccn45)c32)cc1. The van der Waals surface area contributed by atoms with Gasteiger partial charge in [-0.1, -0.05) is 42.5 Å². The molecule has 7 rings (SSSR count). The van der Waals surface area contributed by atoms with Gasteiger partial charge in [0.15, 0.2) is 0 Å². The van der Waals surface area contributed by atoms with Crippen LogP contribution in [0, 0.1) is 0 Å². The summed E-state index contributed by atoms with van der Waals surface area (Å²) in [5.41, 5.74) is 6.55. The Morgan fingerprint density at radius 3 is 2.37 bits per heavy atom. The Hall–Kier alpha value is -4.18. The van der Waals surface area contributed by atoms with Crippen molar-refractivity contribution in [1.29, 1.82) is 0 Å². The molecule has 0 fully saturated rings. The van der Waals surface area contributed by atoms with Gasteiger partial charge in [0.25, 0.3) is 0 Å². The van der Waals surface area contributed by atoms with Gasteiger partial charge in [-0.25, -0.2) is 4.98 Å². The molecule has 0 bridgehead atoms. The Balaban J connectivity index is 1.87. The van der Waals surface area contributed by atoms with Crippen LogP contribution in [-0.2, 0) is 0 Å². The molecule has 0 aliphatic carbocycles. The van der Waals surface area contributed by atoms with Crippen LogP contribution in [0.25, 0.3) is 54.9 Å². The van der Waals surface area contributed by atoms with Gasteiger partial charge in [-0.3, -0.25) is 9.38 Å². The van der Waals surface area contributed by atoms with E-state index in [0.717, 1.165) is 33.1 Å². The third kappa shape index (κ3) is 1.90. The highest BCUT2D eigenvalue weighted by molar-refractivity contribution is 6.25. The lowest BCUT2D eigenvalue weighted by Crippen LogP contribution is -1.97. The molecule has 0 aliphatic heterocycles. The molecule has 4 heterocycles. The maximum absolute atomic E-state index is 4.83. The molecule has 0 unspecified atom stereocenters. The van der Waals surface area contributed by atoms with Gasteiger partial charge in [-0.15, -0.1) is 0 Å². The first-order valence-electron chi connectivity index (χ1n) is 10.0. The quantitative estimate of drug-likeness (QED) is 0.319. The fourth-order valence-electron chi connectivity index (χ4n) is 4.81. The van der Waals surface area contributed by atoms with Crippen molar-refractivity contribution >= 4 is 49.3 Å². The normalized spacial score (nSPS) is 12.0. The van der Waals surface area contributed by atoms with E-state index in [1.807, 2.05) is 24.7 Å². The number of para-hydroxylation sites is 2. The first-order valence-corrected chi connectivity index (χ1v) is 10.0. The highest BCUT2D eigenvalue weighted by Crippen LogP contribution is 2.39. The summed E-state index contributed by atoms with van der Waals surface area (Å²) in [4.78, 5) is 9.44. The Bertz CT molecular complexity index is 1740. The number of fused-ring (bicyclic) bond motifs is 10. The van der Waals surface area contributed by atoms with Crippen molar-refractivity contribution in [2.75, 3.05) is 0 Å². The average Bonchev–Trinajstić information content (AvgIpc) is 3.43. The number of hydrogen-bond donors (Lipinski definition) is 0. The molecule has 0 atom stereocenters. The Morgan fingerprint density at radius 2 is 1.43 bits per heavy atom. The molecule has 7 aromatic rings. The Kier molecular flexibility index (Phi) is 2.97. The van der Waals surface area contributed by atoms with Gasteiger partial charge in [0.2, 0.25) is 0 Å². The van der Waals surface area contributed by atoms with Crippen LogP contribution in [0.15, 0.2) is 97.5 Å². The molecule has 140 valence electrons. The molecule has 0 saturated carbocycles. The van der Waals surface area contributed by atoms with Gasteiger partial charge in [0, 0.05) is 45.8 Å². The molecule has 0 aliphatic rings. The van der Waals surface area contributed by atoms with Gasteiger partial charge < -0.3 is 4.57 Å². The maximum Gasteiger partial charge on any atom is 0.146 e. The number of aromatic nitrogens is 4. The lowest BCUT2D eigenvalue weighted by molar-refractivity contribution is 1.18. The molecule has 0 N–H and O–H groups in total. The first kappa shape index (κ1) is 15.7. The molecular formula is C26H16N4. The Labute approximate surface area is 171 Å². The van der Waals surface area contributed by atoms with E-state index in [0.29, 0.717) is 0 Å². The molecule has 0 spiro atoms. The third-order valence-electron chi connectivity index (χ3n) is 6.01. The zero-order valence-corrected chi connectivity index (χ0v) is 16.0. The molecule has 0 radical (unpaired) electrons. The van der Waals surface area contributed by atoms with Crippen LogP contribution in [0.3, 0.4) is 0 Å². The van der Waals surface area contributed by atoms with Crippen molar-refractivity contribution in [3.05, 3.63) is 97.5 Å². The molecule has 4 aromatic heterocycles.